The van der Waals surface area contributed by atoms with Crippen LogP contribution in [0.3, 0.4) is 0 Å². The first-order valence-corrected chi connectivity index (χ1v) is 4.74. The summed E-state index contributed by atoms with van der Waals surface area (Å²) >= 11 is 0. The van der Waals surface area contributed by atoms with Crippen LogP contribution in [0.5, 0.6) is 0 Å². The maximum absolute atomic E-state index is 10.5. The molecule has 1 saturated heterocycles. The van der Waals surface area contributed by atoms with Gasteiger partial charge in [0, 0.05) is 18.7 Å². The molecule has 5 heteroatoms. The first-order valence-electron chi connectivity index (χ1n) is 4.74. The van der Waals surface area contributed by atoms with Crippen molar-refractivity contribution in [3.8, 4) is 0 Å². The van der Waals surface area contributed by atoms with Gasteiger partial charge >= 0.3 is 0 Å². The third-order valence-electron chi connectivity index (χ3n) is 2.51. The second-order valence-corrected chi connectivity index (χ2v) is 3.55. The average Bonchev–Trinajstić information content (AvgIpc) is 2.65. The molecule has 1 aliphatic rings. The van der Waals surface area contributed by atoms with E-state index in [2.05, 4.69) is 4.90 Å². The molecule has 0 amide bonds. The first-order chi connectivity index (χ1) is 7.18. The van der Waals surface area contributed by atoms with Crippen LogP contribution in [0.25, 0.3) is 0 Å². The fraction of sp³-hybridized carbons (Fsp3) is 0.400. The number of ether oxygens (including phenoxy) is 1. The van der Waals surface area contributed by atoms with Gasteiger partial charge in [-0.25, -0.2) is 0 Å². The topological polar surface area (TPSA) is 55.6 Å². The van der Waals surface area contributed by atoms with Gasteiger partial charge in [-0.1, -0.05) is 0 Å². The van der Waals surface area contributed by atoms with E-state index in [1.54, 1.807) is 12.1 Å². The Bertz CT molecular complexity index is 363. The second kappa shape index (κ2) is 3.96. The Hall–Kier alpha value is -1.46. The monoisotopic (exact) mass is 208 g/mol. The number of hydrogen-bond donors (Lipinski definition) is 0. The zero-order chi connectivity index (χ0) is 10.8. The minimum atomic E-state index is -0.400. The standard InChI is InChI=1S/C10H12N2O3/c1-11-6-7-15-10(11)8-2-4-9(5-3-8)12(13)14/h2-5,10H,6-7H2,1H3/t10-/m1/s1. The highest BCUT2D eigenvalue weighted by molar-refractivity contribution is 5.33. The fourth-order valence-corrected chi connectivity index (χ4v) is 1.66. The second-order valence-electron chi connectivity index (χ2n) is 3.55. The van der Waals surface area contributed by atoms with Crippen LogP contribution in [0.2, 0.25) is 0 Å². The number of nitro groups is 1. The van der Waals surface area contributed by atoms with E-state index >= 15 is 0 Å². The molecule has 0 N–H and O–H groups in total. The van der Waals surface area contributed by atoms with E-state index in [1.165, 1.54) is 12.1 Å². The lowest BCUT2D eigenvalue weighted by atomic mass is 10.2. The summed E-state index contributed by atoms with van der Waals surface area (Å²) in [6.45, 7) is 1.60. The van der Waals surface area contributed by atoms with E-state index in [0.717, 1.165) is 12.1 Å². The first kappa shape index (κ1) is 10.1. The molecule has 0 aliphatic carbocycles. The number of hydrogen-bond acceptors (Lipinski definition) is 4. The Morgan fingerprint density at radius 2 is 2.13 bits per heavy atom. The summed E-state index contributed by atoms with van der Waals surface area (Å²) in [6.07, 6.45) is -0.0641. The van der Waals surface area contributed by atoms with E-state index < -0.39 is 4.92 Å². The van der Waals surface area contributed by atoms with Crippen molar-refractivity contribution in [2.75, 3.05) is 20.2 Å². The zero-order valence-electron chi connectivity index (χ0n) is 8.42. The van der Waals surface area contributed by atoms with Crippen molar-refractivity contribution in [2.45, 2.75) is 6.23 Å². The number of benzene rings is 1. The van der Waals surface area contributed by atoms with Crippen LogP contribution in [0, 0.1) is 10.1 Å². The van der Waals surface area contributed by atoms with E-state index in [1.807, 2.05) is 7.05 Å². The Kier molecular flexibility index (Phi) is 2.66. The lowest BCUT2D eigenvalue weighted by Gasteiger charge is -2.17. The maximum Gasteiger partial charge on any atom is 0.269 e. The highest BCUT2D eigenvalue weighted by atomic mass is 16.6. The third-order valence-corrected chi connectivity index (χ3v) is 2.51. The Morgan fingerprint density at radius 3 is 2.60 bits per heavy atom. The SMILES string of the molecule is CN1CCO[C@@H]1c1ccc([N+](=O)[O-])cc1. The molecule has 80 valence electrons. The van der Waals surface area contributed by atoms with Crippen LogP contribution in [-0.4, -0.2) is 30.0 Å². The Labute approximate surface area is 87.4 Å². The summed E-state index contributed by atoms with van der Waals surface area (Å²) in [4.78, 5) is 12.1. The van der Waals surface area contributed by atoms with Crippen molar-refractivity contribution in [3.05, 3.63) is 39.9 Å². The lowest BCUT2D eigenvalue weighted by Crippen LogP contribution is -2.18. The van der Waals surface area contributed by atoms with E-state index in [9.17, 15) is 10.1 Å². The summed E-state index contributed by atoms with van der Waals surface area (Å²) in [5, 5.41) is 10.5. The molecule has 1 fully saturated rings. The van der Waals surface area contributed by atoms with Gasteiger partial charge in [-0.05, 0) is 24.7 Å². The molecule has 0 saturated carbocycles. The van der Waals surface area contributed by atoms with Crippen LogP contribution in [0.15, 0.2) is 24.3 Å². The summed E-state index contributed by atoms with van der Waals surface area (Å²) in [6, 6.07) is 6.49. The van der Waals surface area contributed by atoms with Crippen molar-refractivity contribution in [1.29, 1.82) is 0 Å². The summed E-state index contributed by atoms with van der Waals surface area (Å²) < 4.78 is 5.51. The van der Waals surface area contributed by atoms with Crippen molar-refractivity contribution < 1.29 is 9.66 Å². The quantitative estimate of drug-likeness (QED) is 0.546. The molecule has 1 heterocycles. The maximum atomic E-state index is 10.5. The molecule has 1 atom stereocenters. The van der Waals surface area contributed by atoms with Gasteiger partial charge in [-0.2, -0.15) is 0 Å². The van der Waals surface area contributed by atoms with E-state index in [-0.39, 0.29) is 11.9 Å². The molecule has 0 radical (unpaired) electrons. The van der Waals surface area contributed by atoms with Crippen molar-refractivity contribution in [1.82, 2.24) is 4.90 Å². The molecule has 0 unspecified atom stereocenters. The molecular formula is C10H12N2O3. The van der Waals surface area contributed by atoms with Gasteiger partial charge in [-0.15, -0.1) is 0 Å². The van der Waals surface area contributed by atoms with Crippen LogP contribution in [0.1, 0.15) is 11.8 Å². The summed E-state index contributed by atoms with van der Waals surface area (Å²) in [5.74, 6) is 0. The van der Waals surface area contributed by atoms with Gasteiger partial charge in [0.15, 0.2) is 0 Å². The van der Waals surface area contributed by atoms with Crippen LogP contribution in [0.4, 0.5) is 5.69 Å². The highest BCUT2D eigenvalue weighted by Crippen LogP contribution is 2.26. The van der Waals surface area contributed by atoms with E-state index in [4.69, 9.17) is 4.74 Å². The van der Waals surface area contributed by atoms with Crippen molar-refractivity contribution in [3.63, 3.8) is 0 Å². The zero-order valence-corrected chi connectivity index (χ0v) is 8.42. The molecule has 5 nitrogen and oxygen atoms in total. The molecule has 0 bridgehead atoms. The molecule has 0 spiro atoms. The van der Waals surface area contributed by atoms with Crippen LogP contribution < -0.4 is 0 Å². The number of rotatable bonds is 2. The lowest BCUT2D eigenvalue weighted by molar-refractivity contribution is -0.384. The summed E-state index contributed by atoms with van der Waals surface area (Å²) in [7, 11) is 1.97. The van der Waals surface area contributed by atoms with Gasteiger partial charge in [0.1, 0.15) is 6.23 Å². The van der Waals surface area contributed by atoms with Gasteiger partial charge in [0.25, 0.3) is 5.69 Å². The molecular weight excluding hydrogens is 196 g/mol. The Morgan fingerprint density at radius 1 is 1.47 bits per heavy atom. The average molecular weight is 208 g/mol. The minimum absolute atomic E-state index is 0.0641. The predicted molar refractivity (Wildman–Crippen MR) is 54.4 cm³/mol. The molecule has 1 aliphatic heterocycles. The molecule has 2 rings (SSSR count). The minimum Gasteiger partial charge on any atom is -0.358 e. The largest absolute Gasteiger partial charge is 0.358 e. The highest BCUT2D eigenvalue weighted by Gasteiger charge is 2.23. The molecule has 15 heavy (non-hydrogen) atoms. The van der Waals surface area contributed by atoms with Crippen LogP contribution >= 0.6 is 0 Å². The number of non-ortho nitro benzene ring substituents is 1. The van der Waals surface area contributed by atoms with Gasteiger partial charge in [0.05, 0.1) is 11.5 Å². The van der Waals surface area contributed by atoms with Gasteiger partial charge in [0.2, 0.25) is 0 Å². The third kappa shape index (κ3) is 1.98. The predicted octanol–water partition coefficient (Wildman–Crippen LogP) is 1.56. The molecule has 1 aromatic rings. The molecule has 1 aromatic carbocycles. The van der Waals surface area contributed by atoms with Crippen molar-refractivity contribution in [2.24, 2.45) is 0 Å². The number of nitrogens with zero attached hydrogens (tertiary/aromatic N) is 2. The van der Waals surface area contributed by atoms with Crippen molar-refractivity contribution >= 4 is 5.69 Å². The molecule has 0 aromatic heterocycles. The smallest absolute Gasteiger partial charge is 0.269 e. The van der Waals surface area contributed by atoms with Gasteiger partial charge < -0.3 is 4.74 Å². The number of likely N-dealkylation sites (N-methyl/N-ethyl adjacent to an activating group) is 1. The number of nitro benzene ring substituents is 1. The normalized spacial score (nSPS) is 21.8. The van der Waals surface area contributed by atoms with E-state index in [0.29, 0.717) is 6.61 Å². The Balaban J connectivity index is 2.19. The van der Waals surface area contributed by atoms with Gasteiger partial charge in [-0.3, -0.25) is 15.0 Å². The summed E-state index contributed by atoms with van der Waals surface area (Å²) in [5.41, 5.74) is 1.07. The fourth-order valence-electron chi connectivity index (χ4n) is 1.66. The van der Waals surface area contributed by atoms with Crippen LogP contribution in [-0.2, 0) is 4.74 Å².